The lowest BCUT2D eigenvalue weighted by Crippen LogP contribution is -2.60. The van der Waals surface area contributed by atoms with E-state index < -0.39 is 77.6 Å². The Labute approximate surface area is 362 Å². The van der Waals surface area contributed by atoms with Crippen molar-refractivity contribution in [3.05, 3.63) is 108 Å². The zero-order valence-electron chi connectivity index (χ0n) is 33.8. The molecular formula is C43H53N9O7S2. The van der Waals surface area contributed by atoms with Crippen LogP contribution < -0.4 is 43.4 Å². The van der Waals surface area contributed by atoms with E-state index in [0.29, 0.717) is 24.9 Å². The summed E-state index contributed by atoms with van der Waals surface area (Å²) in [6, 6.07) is 18.3. The number of aromatic nitrogens is 1. The molecule has 1 aliphatic rings. The fourth-order valence-corrected chi connectivity index (χ4v) is 9.17. The van der Waals surface area contributed by atoms with Gasteiger partial charge < -0.3 is 48.4 Å². The zero-order chi connectivity index (χ0) is 43.7. The zero-order valence-corrected chi connectivity index (χ0v) is 35.5. The quantitative estimate of drug-likeness (QED) is 0.0725. The van der Waals surface area contributed by atoms with Crippen LogP contribution >= 0.6 is 21.6 Å². The number of carbonyl (C=O) groups is 7. The smallest absolute Gasteiger partial charge is 0.244 e. The Balaban J connectivity index is 1.55. The van der Waals surface area contributed by atoms with E-state index in [-0.39, 0.29) is 37.2 Å². The maximum absolute atomic E-state index is 14.5. The maximum atomic E-state index is 14.5. The molecule has 0 radical (unpaired) electrons. The van der Waals surface area contributed by atoms with E-state index >= 15 is 0 Å². The topological polar surface area (TPSA) is 260 Å². The maximum Gasteiger partial charge on any atom is 0.244 e. The van der Waals surface area contributed by atoms with Gasteiger partial charge in [-0.1, -0.05) is 100 Å². The highest BCUT2D eigenvalue weighted by molar-refractivity contribution is 8.76. The summed E-state index contributed by atoms with van der Waals surface area (Å²) in [4.78, 5) is 99.2. The first kappa shape index (κ1) is 46.2. The number of para-hydroxylation sites is 1. The van der Waals surface area contributed by atoms with Crippen molar-refractivity contribution in [3.63, 3.8) is 0 Å². The molecule has 0 aliphatic carbocycles. The van der Waals surface area contributed by atoms with Gasteiger partial charge in [0.1, 0.15) is 36.3 Å². The van der Waals surface area contributed by atoms with E-state index in [4.69, 9.17) is 11.5 Å². The number of unbranched alkanes of at least 4 members (excludes halogenated alkanes) is 1. The van der Waals surface area contributed by atoms with Crippen LogP contribution in [0.15, 0.2) is 91.1 Å². The van der Waals surface area contributed by atoms with Crippen LogP contribution in [0.4, 0.5) is 0 Å². The normalized spacial score (nSPS) is 22.5. The van der Waals surface area contributed by atoms with E-state index in [1.54, 1.807) is 54.7 Å². The average molecular weight is 872 g/mol. The lowest BCUT2D eigenvalue weighted by molar-refractivity contribution is -0.135. The number of amides is 7. The number of aromatic amines is 1. The number of fused-ring (bicyclic) bond motifs is 1. The molecule has 11 N–H and O–H groups in total. The number of hydrogen-bond donors (Lipinski definition) is 9. The van der Waals surface area contributed by atoms with Crippen LogP contribution in [0.1, 0.15) is 42.9 Å². The minimum Gasteiger partial charge on any atom is -0.368 e. The second-order valence-electron chi connectivity index (χ2n) is 14.8. The number of primary amides is 1. The largest absolute Gasteiger partial charge is 0.368 e. The lowest BCUT2D eigenvalue weighted by atomic mass is 10.0. The molecule has 324 valence electrons. The van der Waals surface area contributed by atoms with Crippen molar-refractivity contribution in [3.8, 4) is 0 Å². The Bertz CT molecular complexity index is 2140. The van der Waals surface area contributed by atoms with Gasteiger partial charge in [-0.25, -0.2) is 0 Å². The first-order valence-corrected chi connectivity index (χ1v) is 22.6. The Hall–Kier alpha value is -5.85. The standard InChI is InChI=1S/C43H53N9O7S2/c1-26(53)47-37-25-61-60-24-36(38(45)54)52-41(57)34(21-28-14-6-3-7-15-28)49-39(55)32(18-10-11-19-44)48-42(58)35(22-29-23-46-31-17-9-8-16-30(29)31)51-40(56)33(50-43(37)59)20-27-12-4-2-5-13-27/h2-9,12-17,23,32-37,46H,10-11,18-22,24-25,44H2,1H3,(H2,45,54)(H,47,53)(H,48,58)(H,49,55)(H,50,59)(H,51,56)(H,52,57)/t32-,33-,34-,35-,36-,37-/m0/s1. The van der Waals surface area contributed by atoms with Crippen molar-refractivity contribution in [2.24, 2.45) is 11.5 Å². The Morgan fingerprint density at radius 2 is 1.15 bits per heavy atom. The first-order valence-electron chi connectivity index (χ1n) is 20.1. The molecule has 18 heteroatoms. The summed E-state index contributed by atoms with van der Waals surface area (Å²) in [5, 5.41) is 17.4. The molecule has 1 fully saturated rings. The Morgan fingerprint density at radius 3 is 1.74 bits per heavy atom. The average Bonchev–Trinajstić information content (AvgIpc) is 3.65. The molecular weight excluding hydrogens is 819 g/mol. The summed E-state index contributed by atoms with van der Waals surface area (Å²) in [6.45, 7) is 1.60. The summed E-state index contributed by atoms with van der Waals surface area (Å²) in [5.41, 5.74) is 14.5. The van der Waals surface area contributed by atoms with E-state index in [0.717, 1.165) is 43.6 Å². The van der Waals surface area contributed by atoms with Gasteiger partial charge in [-0.2, -0.15) is 0 Å². The molecule has 0 bridgehead atoms. The SMILES string of the molecule is CC(=O)N[C@H]1CSSC[C@@H](C(N)=O)NC(=O)[C@H](Cc2ccccc2)NC(=O)[C@H](CCCCN)NC(=O)[C@H](Cc2c[nH]c3ccccc23)NC(=O)[C@H](Cc2ccccc2)NC1=O. The number of H-pyrrole nitrogens is 1. The van der Waals surface area contributed by atoms with Gasteiger partial charge in [-0.3, -0.25) is 33.6 Å². The molecule has 0 spiro atoms. The second-order valence-corrected chi connectivity index (χ2v) is 17.3. The number of benzene rings is 3. The molecule has 7 amide bonds. The number of carbonyl (C=O) groups excluding carboxylic acids is 7. The summed E-state index contributed by atoms with van der Waals surface area (Å²) < 4.78 is 0. The summed E-state index contributed by atoms with van der Waals surface area (Å²) in [6.07, 6.45) is 2.97. The molecule has 3 aromatic carbocycles. The van der Waals surface area contributed by atoms with Crippen LogP contribution in [0, 0.1) is 0 Å². The van der Waals surface area contributed by atoms with Gasteiger partial charge in [-0.05, 0) is 48.6 Å². The van der Waals surface area contributed by atoms with Crippen molar-refractivity contribution in [1.29, 1.82) is 0 Å². The predicted molar refractivity (Wildman–Crippen MR) is 237 cm³/mol. The molecule has 2 heterocycles. The molecule has 1 aromatic heterocycles. The first-order chi connectivity index (χ1) is 29.4. The minimum atomic E-state index is -1.25. The van der Waals surface area contributed by atoms with E-state index in [2.05, 4.69) is 36.9 Å². The van der Waals surface area contributed by atoms with Crippen LogP contribution in [0.2, 0.25) is 0 Å². The van der Waals surface area contributed by atoms with Crippen molar-refractivity contribution in [2.45, 2.75) is 81.7 Å². The molecule has 61 heavy (non-hydrogen) atoms. The third-order valence-electron chi connectivity index (χ3n) is 10.0. The highest BCUT2D eigenvalue weighted by atomic mass is 33.1. The summed E-state index contributed by atoms with van der Waals surface area (Å²) in [7, 11) is 2.29. The van der Waals surface area contributed by atoms with Crippen molar-refractivity contribution in [2.75, 3.05) is 18.1 Å². The number of rotatable bonds is 12. The third kappa shape index (κ3) is 14.1. The van der Waals surface area contributed by atoms with Crippen LogP contribution in [0.25, 0.3) is 10.9 Å². The van der Waals surface area contributed by atoms with Gasteiger partial charge in [-0.15, -0.1) is 0 Å². The summed E-state index contributed by atoms with van der Waals surface area (Å²) >= 11 is 0. The molecule has 5 rings (SSSR count). The fourth-order valence-electron chi connectivity index (χ4n) is 6.83. The fraction of sp³-hybridized carbons (Fsp3) is 0.372. The van der Waals surface area contributed by atoms with Crippen LogP contribution in [-0.4, -0.2) is 101 Å². The van der Waals surface area contributed by atoms with Crippen LogP contribution in [0.3, 0.4) is 0 Å². The summed E-state index contributed by atoms with van der Waals surface area (Å²) in [5.74, 6) is -4.69. The van der Waals surface area contributed by atoms with E-state index in [1.165, 1.54) is 6.92 Å². The molecule has 1 aliphatic heterocycles. The van der Waals surface area contributed by atoms with E-state index in [1.807, 2.05) is 36.4 Å². The van der Waals surface area contributed by atoms with Gasteiger partial charge >= 0.3 is 0 Å². The highest BCUT2D eigenvalue weighted by Crippen LogP contribution is 2.24. The van der Waals surface area contributed by atoms with Crippen molar-refractivity contribution >= 4 is 73.8 Å². The van der Waals surface area contributed by atoms with E-state index in [9.17, 15) is 33.6 Å². The van der Waals surface area contributed by atoms with Gasteiger partial charge in [0.15, 0.2) is 0 Å². The van der Waals surface area contributed by atoms with Gasteiger partial charge in [0.25, 0.3) is 0 Å². The monoisotopic (exact) mass is 871 g/mol. The number of nitrogens with two attached hydrogens (primary N) is 2. The predicted octanol–water partition coefficient (Wildman–Crippen LogP) is 1.13. The lowest BCUT2D eigenvalue weighted by Gasteiger charge is -2.28. The van der Waals surface area contributed by atoms with Crippen LogP contribution in [-0.2, 0) is 52.8 Å². The molecule has 6 atom stereocenters. The highest BCUT2D eigenvalue weighted by Gasteiger charge is 2.34. The molecule has 16 nitrogen and oxygen atoms in total. The number of nitrogens with one attached hydrogen (secondary N) is 7. The second kappa shape index (κ2) is 23.2. The van der Waals surface area contributed by atoms with Gasteiger partial charge in [0.2, 0.25) is 41.4 Å². The van der Waals surface area contributed by atoms with Gasteiger partial charge in [0, 0.05) is 54.8 Å². The van der Waals surface area contributed by atoms with Gasteiger partial charge in [0.05, 0.1) is 0 Å². The molecule has 4 aromatic rings. The molecule has 1 saturated heterocycles. The number of hydrogen-bond acceptors (Lipinski definition) is 10. The molecule has 0 unspecified atom stereocenters. The van der Waals surface area contributed by atoms with Crippen LogP contribution in [0.5, 0.6) is 0 Å². The Kier molecular flexibility index (Phi) is 17.6. The van der Waals surface area contributed by atoms with Crippen molar-refractivity contribution < 1.29 is 33.6 Å². The third-order valence-corrected chi connectivity index (χ3v) is 12.5. The Morgan fingerprint density at radius 1 is 0.639 bits per heavy atom. The van der Waals surface area contributed by atoms with Crippen molar-refractivity contribution in [1.82, 2.24) is 36.9 Å². The molecule has 0 saturated carbocycles. The minimum absolute atomic E-state index is 0.000648.